The molecule has 2 aromatic rings. The summed E-state index contributed by atoms with van der Waals surface area (Å²) in [6.45, 7) is 0. The number of halogens is 1. The Kier molecular flexibility index (Phi) is 2.91. The molecule has 1 heterocycles. The zero-order valence-corrected chi connectivity index (χ0v) is 10.7. The lowest BCUT2D eigenvalue weighted by molar-refractivity contribution is 0.598. The third-order valence-electron chi connectivity index (χ3n) is 2.13. The van der Waals surface area contributed by atoms with Crippen molar-refractivity contribution in [3.63, 3.8) is 0 Å². The van der Waals surface area contributed by atoms with Gasteiger partial charge in [0.1, 0.15) is 0 Å². The first kappa shape index (κ1) is 12.7. The molecule has 0 aliphatic carbocycles. The van der Waals surface area contributed by atoms with Gasteiger partial charge in [0.2, 0.25) is 10.0 Å². The van der Waals surface area contributed by atoms with Gasteiger partial charge in [-0.05, 0) is 12.1 Å². The standard InChI is InChI=1S/C9H8ClN3O4S/c1-18(16,17)12-13-8(14)7-5(10)3-2-4-6(7)11-9(13)15/h2-4,12H,1H3,(H,11,15). The van der Waals surface area contributed by atoms with Crippen LogP contribution in [-0.4, -0.2) is 24.3 Å². The van der Waals surface area contributed by atoms with Gasteiger partial charge in [0.15, 0.2) is 0 Å². The van der Waals surface area contributed by atoms with E-state index in [1.165, 1.54) is 12.1 Å². The van der Waals surface area contributed by atoms with Crippen LogP contribution in [0.3, 0.4) is 0 Å². The van der Waals surface area contributed by atoms with Crippen molar-refractivity contribution < 1.29 is 8.42 Å². The molecule has 0 saturated carbocycles. The average molecular weight is 290 g/mol. The minimum absolute atomic E-state index is 0.0370. The maximum absolute atomic E-state index is 12.0. The van der Waals surface area contributed by atoms with Gasteiger partial charge in [-0.15, -0.1) is 0 Å². The lowest BCUT2D eigenvalue weighted by Crippen LogP contribution is -2.43. The summed E-state index contributed by atoms with van der Waals surface area (Å²) in [7, 11) is -3.75. The Labute approximate surface area is 106 Å². The first-order valence-electron chi connectivity index (χ1n) is 4.71. The van der Waals surface area contributed by atoms with Gasteiger partial charge < -0.3 is 4.98 Å². The molecule has 0 unspecified atom stereocenters. The highest BCUT2D eigenvalue weighted by Crippen LogP contribution is 2.16. The fourth-order valence-corrected chi connectivity index (χ4v) is 2.22. The molecule has 0 radical (unpaired) electrons. The van der Waals surface area contributed by atoms with E-state index in [0.29, 0.717) is 4.68 Å². The van der Waals surface area contributed by atoms with Crippen LogP contribution in [0.1, 0.15) is 0 Å². The topological polar surface area (TPSA) is 101 Å². The minimum Gasteiger partial charge on any atom is -0.305 e. The largest absolute Gasteiger partial charge is 0.348 e. The highest BCUT2D eigenvalue weighted by Gasteiger charge is 2.12. The molecule has 18 heavy (non-hydrogen) atoms. The molecule has 96 valence electrons. The highest BCUT2D eigenvalue weighted by atomic mass is 35.5. The summed E-state index contributed by atoms with van der Waals surface area (Å²) in [5, 5.41) is 0.160. The Hall–Kier alpha value is -1.80. The van der Waals surface area contributed by atoms with Gasteiger partial charge in [-0.2, -0.15) is 4.68 Å². The number of aromatic nitrogens is 2. The molecule has 2 N–H and O–H groups in total. The summed E-state index contributed by atoms with van der Waals surface area (Å²) in [4.78, 5) is 27.7. The number of hydrogen-bond acceptors (Lipinski definition) is 4. The predicted octanol–water partition coefficient (Wildman–Crippen LogP) is -0.154. The van der Waals surface area contributed by atoms with Crippen molar-refractivity contribution in [2.75, 3.05) is 11.1 Å². The van der Waals surface area contributed by atoms with E-state index < -0.39 is 21.3 Å². The van der Waals surface area contributed by atoms with Crippen LogP contribution in [0, 0.1) is 0 Å². The van der Waals surface area contributed by atoms with Crippen LogP contribution in [-0.2, 0) is 10.0 Å². The number of nitrogens with one attached hydrogen (secondary N) is 2. The molecule has 0 bridgehead atoms. The number of rotatable bonds is 2. The molecule has 7 nitrogen and oxygen atoms in total. The maximum Gasteiger partial charge on any atom is 0.348 e. The van der Waals surface area contributed by atoms with E-state index >= 15 is 0 Å². The number of H-pyrrole nitrogens is 1. The highest BCUT2D eigenvalue weighted by molar-refractivity contribution is 7.91. The number of benzene rings is 1. The first-order chi connectivity index (χ1) is 8.29. The smallest absolute Gasteiger partial charge is 0.305 e. The summed E-state index contributed by atoms with van der Waals surface area (Å²) in [5.74, 6) is 0. The monoisotopic (exact) mass is 289 g/mol. The van der Waals surface area contributed by atoms with Crippen molar-refractivity contribution in [2.24, 2.45) is 0 Å². The summed E-state index contributed by atoms with van der Waals surface area (Å²) >= 11 is 5.85. The number of sulfonamides is 1. The summed E-state index contributed by atoms with van der Waals surface area (Å²) in [6, 6.07) is 4.53. The van der Waals surface area contributed by atoms with Crippen LogP contribution in [0.25, 0.3) is 10.9 Å². The van der Waals surface area contributed by atoms with Gasteiger partial charge in [-0.25, -0.2) is 18.0 Å². The zero-order chi connectivity index (χ0) is 13.5. The Balaban J connectivity index is 2.89. The van der Waals surface area contributed by atoms with Crippen molar-refractivity contribution in [3.05, 3.63) is 44.1 Å². The molecule has 0 spiro atoms. The van der Waals surface area contributed by atoms with Crippen molar-refractivity contribution in [1.82, 2.24) is 9.66 Å². The van der Waals surface area contributed by atoms with Crippen LogP contribution >= 0.6 is 11.6 Å². The van der Waals surface area contributed by atoms with E-state index in [0.717, 1.165) is 6.26 Å². The van der Waals surface area contributed by atoms with Crippen LogP contribution < -0.4 is 16.1 Å². The molecule has 0 aliphatic heterocycles. The Morgan fingerprint density at radius 3 is 2.61 bits per heavy atom. The first-order valence-corrected chi connectivity index (χ1v) is 6.98. The molecule has 0 atom stereocenters. The van der Waals surface area contributed by atoms with Crippen LogP contribution in [0.5, 0.6) is 0 Å². The summed E-state index contributed by atoms with van der Waals surface area (Å²) in [5.41, 5.74) is -1.48. The second-order valence-electron chi connectivity index (χ2n) is 3.60. The van der Waals surface area contributed by atoms with E-state index in [2.05, 4.69) is 4.98 Å². The second-order valence-corrected chi connectivity index (χ2v) is 5.73. The van der Waals surface area contributed by atoms with E-state index in [9.17, 15) is 18.0 Å². The molecule has 0 aliphatic rings. The molecule has 0 fully saturated rings. The molecule has 0 amide bonds. The molecule has 1 aromatic carbocycles. The van der Waals surface area contributed by atoms with Crippen molar-refractivity contribution in [1.29, 1.82) is 0 Å². The van der Waals surface area contributed by atoms with Gasteiger partial charge in [-0.3, -0.25) is 4.79 Å². The normalized spacial score (nSPS) is 11.7. The second kappa shape index (κ2) is 4.14. The molecular formula is C9H8ClN3O4S. The van der Waals surface area contributed by atoms with E-state index in [1.807, 2.05) is 4.83 Å². The zero-order valence-electron chi connectivity index (χ0n) is 9.10. The maximum atomic E-state index is 12.0. The molecule has 0 saturated heterocycles. The summed E-state index contributed by atoms with van der Waals surface area (Å²) in [6.07, 6.45) is 0.829. The van der Waals surface area contributed by atoms with Crippen molar-refractivity contribution in [3.8, 4) is 0 Å². The molecule has 2 rings (SSSR count). The van der Waals surface area contributed by atoms with Gasteiger partial charge >= 0.3 is 5.69 Å². The van der Waals surface area contributed by atoms with E-state index in [1.54, 1.807) is 6.07 Å². The summed E-state index contributed by atoms with van der Waals surface area (Å²) < 4.78 is 22.5. The van der Waals surface area contributed by atoms with Crippen LogP contribution in [0.2, 0.25) is 5.02 Å². The van der Waals surface area contributed by atoms with Crippen LogP contribution in [0.15, 0.2) is 27.8 Å². The Morgan fingerprint density at radius 2 is 2.00 bits per heavy atom. The lowest BCUT2D eigenvalue weighted by atomic mass is 10.2. The predicted molar refractivity (Wildman–Crippen MR) is 68.0 cm³/mol. The molecule has 9 heteroatoms. The number of nitrogens with zero attached hydrogens (tertiary/aromatic N) is 1. The van der Waals surface area contributed by atoms with Gasteiger partial charge in [0.25, 0.3) is 5.56 Å². The lowest BCUT2D eigenvalue weighted by Gasteiger charge is -2.07. The van der Waals surface area contributed by atoms with Gasteiger partial charge in [-0.1, -0.05) is 17.7 Å². The van der Waals surface area contributed by atoms with Crippen molar-refractivity contribution in [2.45, 2.75) is 0 Å². The minimum atomic E-state index is -3.75. The van der Waals surface area contributed by atoms with Gasteiger partial charge in [0.05, 0.1) is 22.2 Å². The third-order valence-corrected chi connectivity index (χ3v) is 2.96. The average Bonchev–Trinajstić information content (AvgIpc) is 2.22. The number of fused-ring (bicyclic) bond motifs is 1. The van der Waals surface area contributed by atoms with Gasteiger partial charge in [0, 0.05) is 0 Å². The Morgan fingerprint density at radius 1 is 1.33 bits per heavy atom. The Bertz CT molecular complexity index is 837. The third kappa shape index (κ3) is 2.24. The van der Waals surface area contributed by atoms with Crippen molar-refractivity contribution >= 4 is 32.5 Å². The fraction of sp³-hybridized carbons (Fsp3) is 0.111. The SMILES string of the molecule is CS(=O)(=O)Nn1c(=O)[nH]c2cccc(Cl)c2c1=O. The number of hydrogen-bond donors (Lipinski definition) is 2. The van der Waals surface area contributed by atoms with E-state index in [4.69, 9.17) is 11.6 Å². The van der Waals surface area contributed by atoms with Crippen LogP contribution in [0.4, 0.5) is 0 Å². The quantitative estimate of drug-likeness (QED) is 0.802. The van der Waals surface area contributed by atoms with E-state index in [-0.39, 0.29) is 15.9 Å². The number of aromatic amines is 1. The molecular weight excluding hydrogens is 282 g/mol. The molecule has 1 aromatic heterocycles. The fourth-order valence-electron chi connectivity index (χ4n) is 1.47.